The second kappa shape index (κ2) is 12.1. The van der Waals surface area contributed by atoms with Crippen molar-refractivity contribution in [1.29, 1.82) is 0 Å². The van der Waals surface area contributed by atoms with Gasteiger partial charge in [-0.05, 0) is 45.4 Å². The Morgan fingerprint density at radius 3 is 2.14 bits per heavy atom. The van der Waals surface area contributed by atoms with Crippen molar-refractivity contribution in [2.24, 2.45) is 0 Å². The van der Waals surface area contributed by atoms with E-state index in [0.29, 0.717) is 44.3 Å². The largest absolute Gasteiger partial charge is 0.491 e. The molecule has 0 aliphatic heterocycles. The minimum absolute atomic E-state index is 0.0583. The molecule has 1 aromatic carbocycles. The molecule has 0 saturated carbocycles. The van der Waals surface area contributed by atoms with Crippen LogP contribution in [0.25, 0.3) is 0 Å². The highest BCUT2D eigenvalue weighted by atomic mass is 32.2. The molecule has 0 aliphatic carbocycles. The summed E-state index contributed by atoms with van der Waals surface area (Å²) in [6, 6.07) is 6.97. The van der Waals surface area contributed by atoms with Crippen LogP contribution in [0, 0.1) is 0 Å². The highest BCUT2D eigenvalue weighted by Gasteiger charge is 2.29. The summed E-state index contributed by atoms with van der Waals surface area (Å²) in [5.74, 6) is -0.0903. The van der Waals surface area contributed by atoms with E-state index >= 15 is 0 Å². The van der Waals surface area contributed by atoms with Gasteiger partial charge in [0, 0.05) is 13.0 Å². The number of carbonyl (C=O) groups excluding carboxylic acids is 1. The van der Waals surface area contributed by atoms with Crippen molar-refractivity contribution in [2.45, 2.75) is 45.8 Å². The van der Waals surface area contributed by atoms with Crippen LogP contribution in [0.15, 0.2) is 24.3 Å². The molecule has 29 heavy (non-hydrogen) atoms. The summed E-state index contributed by atoms with van der Waals surface area (Å²) < 4.78 is 49.4. The van der Waals surface area contributed by atoms with E-state index in [-0.39, 0.29) is 6.42 Å². The maximum Gasteiger partial charge on any atom is 0.337 e. The lowest BCUT2D eigenvalue weighted by Gasteiger charge is -2.23. The molecule has 0 bridgehead atoms. The van der Waals surface area contributed by atoms with Crippen LogP contribution in [0.2, 0.25) is 0 Å². The zero-order chi connectivity index (χ0) is 21.9. The van der Waals surface area contributed by atoms with Gasteiger partial charge in [0.15, 0.2) is 6.10 Å². The molecular formula is C20H32O8S. The smallest absolute Gasteiger partial charge is 0.337 e. The third kappa shape index (κ3) is 12.5. The van der Waals surface area contributed by atoms with Gasteiger partial charge in [-0.25, -0.2) is 4.79 Å². The van der Waals surface area contributed by atoms with Crippen molar-refractivity contribution < 1.29 is 36.3 Å². The number of carbonyl (C=O) groups is 1. The van der Waals surface area contributed by atoms with Gasteiger partial charge in [-0.1, -0.05) is 12.1 Å². The van der Waals surface area contributed by atoms with Gasteiger partial charge in [0.2, 0.25) is 0 Å². The van der Waals surface area contributed by atoms with Gasteiger partial charge in [-0.3, -0.25) is 4.18 Å². The molecule has 0 aromatic heterocycles. The van der Waals surface area contributed by atoms with E-state index < -0.39 is 27.8 Å². The Morgan fingerprint density at radius 1 is 1.00 bits per heavy atom. The fraction of sp³-hybridized carbons (Fsp3) is 0.650. The summed E-state index contributed by atoms with van der Waals surface area (Å²) in [6.45, 7) is 9.61. The lowest BCUT2D eigenvalue weighted by Crippen LogP contribution is -2.36. The second-order valence-electron chi connectivity index (χ2n) is 7.33. The molecule has 0 heterocycles. The molecule has 9 heteroatoms. The summed E-state index contributed by atoms with van der Waals surface area (Å²) >= 11 is 0. The van der Waals surface area contributed by atoms with Gasteiger partial charge in [0.1, 0.15) is 18.0 Å². The van der Waals surface area contributed by atoms with Crippen LogP contribution in [0.1, 0.15) is 33.3 Å². The molecule has 1 unspecified atom stereocenters. The minimum atomic E-state index is -3.82. The molecular weight excluding hydrogens is 400 g/mol. The first-order valence-electron chi connectivity index (χ1n) is 9.48. The van der Waals surface area contributed by atoms with E-state index in [1.165, 1.54) is 0 Å². The first-order chi connectivity index (χ1) is 13.5. The fourth-order valence-corrected chi connectivity index (χ4v) is 2.82. The van der Waals surface area contributed by atoms with Crippen LogP contribution in [0.5, 0.6) is 5.75 Å². The maximum atomic E-state index is 12.3. The average molecular weight is 433 g/mol. The number of esters is 1. The molecule has 0 N–H and O–H groups in total. The normalized spacial score (nSPS) is 13.1. The van der Waals surface area contributed by atoms with E-state index in [0.717, 1.165) is 6.26 Å². The lowest BCUT2D eigenvalue weighted by atomic mass is 10.1. The number of benzene rings is 1. The van der Waals surface area contributed by atoms with Crippen LogP contribution in [0.3, 0.4) is 0 Å². The Balaban J connectivity index is 2.58. The zero-order valence-electron chi connectivity index (χ0n) is 17.8. The van der Waals surface area contributed by atoms with Crippen LogP contribution in [-0.4, -0.2) is 65.4 Å². The molecule has 0 radical (unpaired) electrons. The highest BCUT2D eigenvalue weighted by molar-refractivity contribution is 7.86. The Kier molecular flexibility index (Phi) is 10.6. The maximum absolute atomic E-state index is 12.3. The van der Waals surface area contributed by atoms with Crippen LogP contribution < -0.4 is 4.74 Å². The van der Waals surface area contributed by atoms with Crippen LogP contribution >= 0.6 is 0 Å². The number of ether oxygens (including phenoxy) is 4. The van der Waals surface area contributed by atoms with Gasteiger partial charge in [-0.15, -0.1) is 0 Å². The van der Waals surface area contributed by atoms with E-state index in [1.807, 2.05) is 6.92 Å². The number of hydrogen-bond acceptors (Lipinski definition) is 8. The Hall–Kier alpha value is -1.68. The zero-order valence-corrected chi connectivity index (χ0v) is 18.6. The van der Waals surface area contributed by atoms with Crippen molar-refractivity contribution in [3.63, 3.8) is 0 Å². The topological polar surface area (TPSA) is 97.4 Å². The van der Waals surface area contributed by atoms with E-state index in [9.17, 15) is 13.2 Å². The second-order valence-corrected chi connectivity index (χ2v) is 8.93. The molecule has 166 valence electrons. The molecule has 0 spiro atoms. The predicted molar refractivity (Wildman–Crippen MR) is 109 cm³/mol. The molecule has 0 saturated heterocycles. The van der Waals surface area contributed by atoms with Crippen molar-refractivity contribution in [3.8, 4) is 5.75 Å². The summed E-state index contributed by atoms with van der Waals surface area (Å²) in [4.78, 5) is 12.3. The molecule has 1 aromatic rings. The van der Waals surface area contributed by atoms with Crippen molar-refractivity contribution in [2.75, 3.05) is 39.3 Å². The summed E-state index contributed by atoms with van der Waals surface area (Å²) in [6.07, 6.45) is -0.296. The Morgan fingerprint density at radius 2 is 1.59 bits per heavy atom. The molecule has 8 nitrogen and oxygen atoms in total. The van der Waals surface area contributed by atoms with Gasteiger partial charge in [0.25, 0.3) is 10.1 Å². The van der Waals surface area contributed by atoms with Crippen molar-refractivity contribution in [3.05, 3.63) is 29.8 Å². The first kappa shape index (κ1) is 25.4. The quantitative estimate of drug-likeness (QED) is 0.266. The van der Waals surface area contributed by atoms with Gasteiger partial charge >= 0.3 is 5.97 Å². The predicted octanol–water partition coefficient (Wildman–Crippen LogP) is 2.35. The molecule has 1 atom stereocenters. The molecule has 0 aliphatic rings. The monoisotopic (exact) mass is 432 g/mol. The van der Waals surface area contributed by atoms with E-state index in [2.05, 4.69) is 0 Å². The summed E-state index contributed by atoms with van der Waals surface area (Å²) in [5, 5.41) is 0. The third-order valence-electron chi connectivity index (χ3n) is 3.38. The van der Waals surface area contributed by atoms with E-state index in [1.54, 1.807) is 45.0 Å². The van der Waals surface area contributed by atoms with Crippen molar-refractivity contribution >= 4 is 16.1 Å². The van der Waals surface area contributed by atoms with Crippen LogP contribution in [-0.2, 0) is 39.7 Å². The summed E-state index contributed by atoms with van der Waals surface area (Å²) in [5.41, 5.74) is -0.0386. The number of rotatable bonds is 13. The van der Waals surface area contributed by atoms with Crippen LogP contribution in [0.4, 0.5) is 0 Å². The molecule has 0 fully saturated rings. The number of hydrogen-bond donors (Lipinski definition) is 0. The molecule has 0 amide bonds. The molecule has 1 rings (SSSR count). The highest BCUT2D eigenvalue weighted by Crippen LogP contribution is 2.17. The minimum Gasteiger partial charge on any atom is -0.491 e. The summed E-state index contributed by atoms with van der Waals surface area (Å²) in [7, 11) is -3.82. The Bertz CT molecular complexity index is 707. The van der Waals surface area contributed by atoms with Gasteiger partial charge in [-0.2, -0.15) is 8.42 Å². The third-order valence-corrected chi connectivity index (χ3v) is 3.96. The van der Waals surface area contributed by atoms with Gasteiger partial charge in [0.05, 0.1) is 26.1 Å². The van der Waals surface area contributed by atoms with Gasteiger partial charge < -0.3 is 18.9 Å². The van der Waals surface area contributed by atoms with Crippen molar-refractivity contribution in [1.82, 2.24) is 0 Å². The average Bonchev–Trinajstić information content (AvgIpc) is 2.59. The SMILES string of the molecule is CCOCCOCCOc1ccc(CC(OS(C)(=O)=O)C(=O)OC(C)(C)C)cc1. The van der Waals surface area contributed by atoms with E-state index in [4.69, 9.17) is 23.1 Å². The lowest BCUT2D eigenvalue weighted by molar-refractivity contribution is -0.163. The fourth-order valence-electron chi connectivity index (χ4n) is 2.25. The first-order valence-corrected chi connectivity index (χ1v) is 11.3. The Labute approximate surface area is 173 Å². The standard InChI is InChI=1S/C20H32O8S/c1-6-24-11-12-25-13-14-26-17-9-7-16(8-10-17)15-18(28-29(5,22)23)19(21)27-20(2,3)4/h7-10,18H,6,11-15H2,1-5H3.